The average molecular weight is 243 g/mol. The van der Waals surface area contributed by atoms with Crippen LogP contribution in [-0.2, 0) is 6.42 Å². The van der Waals surface area contributed by atoms with Crippen molar-refractivity contribution in [2.75, 3.05) is 0 Å². The number of hydrogen-bond acceptors (Lipinski definition) is 1. The summed E-state index contributed by atoms with van der Waals surface area (Å²) >= 11 is 5.89. The van der Waals surface area contributed by atoms with E-state index < -0.39 is 0 Å². The van der Waals surface area contributed by atoms with Crippen LogP contribution in [0, 0.1) is 5.82 Å². The number of aliphatic imine (C=N–C) groups is 1. The Morgan fingerprint density at radius 1 is 1.44 bits per heavy atom. The molecule has 0 aliphatic heterocycles. The quantitative estimate of drug-likeness (QED) is 0.628. The molecule has 1 rings (SSSR count). The molecule has 0 fully saturated rings. The van der Waals surface area contributed by atoms with Crippen LogP contribution in [0.3, 0.4) is 0 Å². The third kappa shape index (κ3) is 4.19. The first-order chi connectivity index (χ1) is 7.28. The lowest BCUT2D eigenvalue weighted by Crippen LogP contribution is -2.22. The molecule has 0 aliphatic rings. The topological polar surface area (TPSA) is 38.4 Å². The smallest absolute Gasteiger partial charge is 0.124 e. The van der Waals surface area contributed by atoms with Crippen molar-refractivity contribution in [3.05, 3.63) is 34.6 Å². The summed E-state index contributed by atoms with van der Waals surface area (Å²) in [6.45, 7) is 5.89. The van der Waals surface area contributed by atoms with Crippen molar-refractivity contribution in [1.29, 1.82) is 0 Å². The molecule has 0 heterocycles. The first kappa shape index (κ1) is 13.0. The van der Waals surface area contributed by atoms with Gasteiger partial charge in [-0.2, -0.15) is 0 Å². The third-order valence-corrected chi connectivity index (χ3v) is 2.22. The standard InChI is InChI=1S/C12H16ClFN2/c1-12(2,3)16-11(15)6-8-4-5-9(14)7-10(8)13/h4-5,7H,6H2,1-3H3,(H2,15,16). The predicted molar refractivity (Wildman–Crippen MR) is 66.5 cm³/mol. The molecule has 0 atom stereocenters. The van der Waals surface area contributed by atoms with Crippen LogP contribution in [0.15, 0.2) is 23.2 Å². The van der Waals surface area contributed by atoms with Crippen molar-refractivity contribution >= 4 is 17.4 Å². The number of nitrogens with zero attached hydrogens (tertiary/aromatic N) is 1. The lowest BCUT2D eigenvalue weighted by molar-refractivity contribution is 0.581. The van der Waals surface area contributed by atoms with Crippen molar-refractivity contribution in [3.63, 3.8) is 0 Å². The summed E-state index contributed by atoms with van der Waals surface area (Å²) in [7, 11) is 0. The molecule has 0 unspecified atom stereocenters. The monoisotopic (exact) mass is 242 g/mol. The minimum atomic E-state index is -0.347. The molecule has 16 heavy (non-hydrogen) atoms. The first-order valence-electron chi connectivity index (χ1n) is 5.06. The van der Waals surface area contributed by atoms with E-state index >= 15 is 0 Å². The molecule has 0 radical (unpaired) electrons. The second kappa shape index (κ2) is 4.83. The zero-order valence-corrected chi connectivity index (χ0v) is 10.5. The molecule has 1 aromatic carbocycles. The molecule has 0 aromatic heterocycles. The maximum atomic E-state index is 12.8. The number of halogens is 2. The van der Waals surface area contributed by atoms with Crippen molar-refractivity contribution in [1.82, 2.24) is 0 Å². The van der Waals surface area contributed by atoms with Crippen LogP contribution in [0.4, 0.5) is 4.39 Å². The molecule has 2 N–H and O–H groups in total. The highest BCUT2D eigenvalue weighted by molar-refractivity contribution is 6.31. The zero-order valence-electron chi connectivity index (χ0n) is 9.72. The Labute approximate surface area is 100 Å². The van der Waals surface area contributed by atoms with Gasteiger partial charge < -0.3 is 5.73 Å². The summed E-state index contributed by atoms with van der Waals surface area (Å²) in [5, 5.41) is 0.382. The van der Waals surface area contributed by atoms with Gasteiger partial charge in [-0.05, 0) is 38.5 Å². The highest BCUT2D eigenvalue weighted by Gasteiger charge is 2.10. The van der Waals surface area contributed by atoms with E-state index in [0.29, 0.717) is 17.3 Å². The fourth-order valence-electron chi connectivity index (χ4n) is 1.33. The number of amidine groups is 1. The fourth-order valence-corrected chi connectivity index (χ4v) is 1.56. The highest BCUT2D eigenvalue weighted by atomic mass is 35.5. The van der Waals surface area contributed by atoms with Crippen LogP contribution in [0.1, 0.15) is 26.3 Å². The van der Waals surface area contributed by atoms with Gasteiger partial charge in [0.25, 0.3) is 0 Å². The molecule has 0 saturated carbocycles. The van der Waals surface area contributed by atoms with Gasteiger partial charge in [0.15, 0.2) is 0 Å². The average Bonchev–Trinajstić information content (AvgIpc) is 2.06. The van der Waals surface area contributed by atoms with Gasteiger partial charge in [-0.15, -0.1) is 0 Å². The van der Waals surface area contributed by atoms with Crippen LogP contribution >= 0.6 is 11.6 Å². The van der Waals surface area contributed by atoms with E-state index in [9.17, 15) is 4.39 Å². The SMILES string of the molecule is CC(C)(C)N=C(N)Cc1ccc(F)cc1Cl. The lowest BCUT2D eigenvalue weighted by atomic mass is 10.1. The normalized spacial score (nSPS) is 12.9. The Kier molecular flexibility index (Phi) is 3.92. The molecule has 0 saturated heterocycles. The third-order valence-electron chi connectivity index (χ3n) is 1.87. The Hall–Kier alpha value is -1.09. The van der Waals surface area contributed by atoms with Crippen molar-refractivity contribution in [2.24, 2.45) is 10.7 Å². The Morgan fingerprint density at radius 2 is 2.06 bits per heavy atom. The van der Waals surface area contributed by atoms with Gasteiger partial charge in [0.2, 0.25) is 0 Å². The molecule has 1 aromatic rings. The van der Waals surface area contributed by atoms with Crippen LogP contribution in [-0.4, -0.2) is 11.4 Å². The minimum Gasteiger partial charge on any atom is -0.387 e. The summed E-state index contributed by atoms with van der Waals surface area (Å²) in [5.41, 5.74) is 6.37. The van der Waals surface area contributed by atoms with Crippen LogP contribution in [0.25, 0.3) is 0 Å². The van der Waals surface area contributed by atoms with E-state index in [1.54, 1.807) is 6.07 Å². The minimum absolute atomic E-state index is 0.212. The number of benzene rings is 1. The molecule has 4 heteroatoms. The molecule has 0 spiro atoms. The van der Waals surface area contributed by atoms with Crippen molar-refractivity contribution in [3.8, 4) is 0 Å². The Morgan fingerprint density at radius 3 is 2.56 bits per heavy atom. The second-order valence-corrected chi connectivity index (χ2v) is 5.09. The summed E-state index contributed by atoms with van der Waals surface area (Å²) < 4.78 is 12.8. The predicted octanol–water partition coefficient (Wildman–Crippen LogP) is 3.18. The van der Waals surface area contributed by atoms with Crippen LogP contribution in [0.2, 0.25) is 5.02 Å². The van der Waals surface area contributed by atoms with Gasteiger partial charge in [0.1, 0.15) is 5.82 Å². The second-order valence-electron chi connectivity index (χ2n) is 4.69. The maximum Gasteiger partial charge on any atom is 0.124 e. The van der Waals surface area contributed by atoms with Crippen LogP contribution in [0.5, 0.6) is 0 Å². The van der Waals surface area contributed by atoms with Gasteiger partial charge in [-0.3, -0.25) is 4.99 Å². The first-order valence-corrected chi connectivity index (χ1v) is 5.44. The Balaban J connectivity index is 2.85. The van der Waals surface area contributed by atoms with E-state index in [4.69, 9.17) is 17.3 Å². The van der Waals surface area contributed by atoms with E-state index in [-0.39, 0.29) is 11.4 Å². The van der Waals surface area contributed by atoms with Crippen molar-refractivity contribution < 1.29 is 4.39 Å². The van der Waals surface area contributed by atoms with E-state index in [0.717, 1.165) is 5.56 Å². The maximum absolute atomic E-state index is 12.8. The summed E-state index contributed by atoms with van der Waals surface area (Å²) in [6.07, 6.45) is 0.441. The van der Waals surface area contributed by atoms with Gasteiger partial charge in [0, 0.05) is 11.4 Å². The van der Waals surface area contributed by atoms with Crippen molar-refractivity contribution in [2.45, 2.75) is 32.7 Å². The fraction of sp³-hybridized carbons (Fsp3) is 0.417. The number of nitrogens with two attached hydrogens (primary N) is 1. The van der Waals surface area contributed by atoms with Gasteiger partial charge in [-0.25, -0.2) is 4.39 Å². The summed E-state index contributed by atoms with van der Waals surface area (Å²) in [5.74, 6) is 0.154. The van der Waals surface area contributed by atoms with Gasteiger partial charge in [0.05, 0.1) is 11.4 Å². The highest BCUT2D eigenvalue weighted by Crippen LogP contribution is 2.18. The Bertz CT molecular complexity index is 408. The van der Waals surface area contributed by atoms with E-state index in [1.165, 1.54) is 12.1 Å². The molecule has 0 bridgehead atoms. The summed E-state index contributed by atoms with van der Waals surface area (Å²) in [6, 6.07) is 4.27. The van der Waals surface area contributed by atoms with E-state index in [1.807, 2.05) is 20.8 Å². The molecule has 88 valence electrons. The molecule has 2 nitrogen and oxygen atoms in total. The lowest BCUT2D eigenvalue weighted by Gasteiger charge is -2.14. The largest absolute Gasteiger partial charge is 0.387 e. The molecular formula is C12H16ClFN2. The molecule has 0 amide bonds. The van der Waals surface area contributed by atoms with Crippen LogP contribution < -0.4 is 5.73 Å². The number of hydrogen-bond donors (Lipinski definition) is 1. The molecular weight excluding hydrogens is 227 g/mol. The zero-order chi connectivity index (χ0) is 12.3. The van der Waals surface area contributed by atoms with Gasteiger partial charge in [-0.1, -0.05) is 17.7 Å². The van der Waals surface area contributed by atoms with E-state index in [2.05, 4.69) is 4.99 Å². The van der Waals surface area contributed by atoms with Gasteiger partial charge >= 0.3 is 0 Å². The summed E-state index contributed by atoms with van der Waals surface area (Å²) in [4.78, 5) is 4.31. The molecule has 0 aliphatic carbocycles. The number of rotatable bonds is 2.